The van der Waals surface area contributed by atoms with Crippen molar-refractivity contribution in [3.8, 4) is 5.88 Å². The lowest BCUT2D eigenvalue weighted by Gasteiger charge is -2.49. The minimum Gasteiger partial charge on any atom is -0.493 e. The fourth-order valence-corrected chi connectivity index (χ4v) is 8.46. The quantitative estimate of drug-likeness (QED) is 0.0744. The van der Waals surface area contributed by atoms with Crippen molar-refractivity contribution in [2.24, 2.45) is 0 Å². The number of nitrogens with one attached hydrogen (secondary N) is 2. The average Bonchev–Trinajstić information content (AvgIpc) is 2.88. The molecular formula is C21H20Cl2N6O6S4. The summed E-state index contributed by atoms with van der Waals surface area (Å²) in [4.78, 5) is 51.8. The number of nitrogens with zero attached hydrogens (tertiary/aromatic N) is 4. The number of amides is 2. The van der Waals surface area contributed by atoms with Crippen molar-refractivity contribution in [2.45, 2.75) is 21.5 Å². The second-order valence-corrected chi connectivity index (χ2v) is 13.0. The Hall–Kier alpha value is -2.08. The number of hydrogen-bond donors (Lipinski definition) is 5. The van der Waals surface area contributed by atoms with E-state index in [1.807, 2.05) is 0 Å². The number of rotatable bonds is 12. The summed E-state index contributed by atoms with van der Waals surface area (Å²) in [6.07, 6.45) is 0. The van der Waals surface area contributed by atoms with Crippen LogP contribution in [0.5, 0.6) is 5.88 Å². The van der Waals surface area contributed by atoms with Crippen LogP contribution in [0.3, 0.4) is 0 Å². The van der Waals surface area contributed by atoms with Crippen molar-refractivity contribution < 1.29 is 29.7 Å². The number of hydrogen-bond acceptors (Lipinski definition) is 13. The standard InChI is InChI=1S/C21H20Cl2N6O6S4/c22-11-3-9(4-12(23)25-11)36-7-15(32)27-16-18(33)29-17(20(34)35)10(6-37-19(16)29)38-8-39-21-26-13(24-1-2-30)5-14(31)28-21/h3-5,16,19,30H,1-2,6-8H2,(H,27,32)(H,34,35)(H2,24,26,28,31)/t16-,19-/m1/s1. The number of anilines is 1. The van der Waals surface area contributed by atoms with Gasteiger partial charge >= 0.3 is 5.97 Å². The smallest absolute Gasteiger partial charge is 0.353 e. The summed E-state index contributed by atoms with van der Waals surface area (Å²) in [5.74, 6) is -1.69. The van der Waals surface area contributed by atoms with E-state index in [2.05, 4.69) is 25.6 Å². The number of aliphatic hydroxyl groups is 1. The zero-order valence-electron chi connectivity index (χ0n) is 19.7. The molecule has 2 aromatic rings. The monoisotopic (exact) mass is 650 g/mol. The average molecular weight is 652 g/mol. The van der Waals surface area contributed by atoms with Gasteiger partial charge in [-0.05, 0) is 12.1 Å². The van der Waals surface area contributed by atoms with E-state index in [4.69, 9.17) is 28.3 Å². The van der Waals surface area contributed by atoms with Crippen molar-refractivity contribution >= 4 is 93.9 Å². The summed E-state index contributed by atoms with van der Waals surface area (Å²) < 4.78 is 0. The van der Waals surface area contributed by atoms with Crippen LogP contribution >= 0.6 is 70.2 Å². The molecule has 12 nitrogen and oxygen atoms in total. The highest BCUT2D eigenvalue weighted by Gasteiger charge is 2.54. The number of thioether (sulfide) groups is 4. The zero-order chi connectivity index (χ0) is 28.1. The maximum Gasteiger partial charge on any atom is 0.353 e. The molecule has 208 valence electrons. The Bertz CT molecular complexity index is 1300. The number of aromatic nitrogens is 3. The number of fused-ring (bicyclic) bond motifs is 1. The molecule has 0 unspecified atom stereocenters. The predicted octanol–water partition coefficient (Wildman–Crippen LogP) is 2.56. The Morgan fingerprint density at radius 1 is 1.13 bits per heavy atom. The van der Waals surface area contributed by atoms with Gasteiger partial charge in [0, 0.05) is 28.2 Å². The van der Waals surface area contributed by atoms with Gasteiger partial charge < -0.3 is 26.0 Å². The molecule has 0 aliphatic carbocycles. The van der Waals surface area contributed by atoms with Crippen LogP contribution in [0.1, 0.15) is 0 Å². The van der Waals surface area contributed by atoms with Crippen molar-refractivity contribution in [3.63, 3.8) is 0 Å². The number of carbonyl (C=O) groups excluding carboxylic acids is 2. The maximum atomic E-state index is 12.9. The molecule has 39 heavy (non-hydrogen) atoms. The number of pyridine rings is 1. The Labute approximate surface area is 249 Å². The number of halogens is 2. The zero-order valence-corrected chi connectivity index (χ0v) is 24.4. The molecule has 0 bridgehead atoms. The molecule has 0 saturated carbocycles. The van der Waals surface area contributed by atoms with E-state index in [1.54, 1.807) is 12.1 Å². The number of carboxylic acids is 1. The van der Waals surface area contributed by atoms with Crippen LogP contribution in [0, 0.1) is 0 Å². The molecule has 0 aromatic carbocycles. The molecule has 1 saturated heterocycles. The number of carbonyl (C=O) groups is 3. The van der Waals surface area contributed by atoms with Gasteiger partial charge in [-0.1, -0.05) is 35.0 Å². The van der Waals surface area contributed by atoms with E-state index >= 15 is 0 Å². The summed E-state index contributed by atoms with van der Waals surface area (Å²) in [7, 11) is 0. The molecule has 4 rings (SSSR count). The first-order valence-corrected chi connectivity index (χ1v) is 15.8. The van der Waals surface area contributed by atoms with Crippen LogP contribution < -0.4 is 10.6 Å². The van der Waals surface area contributed by atoms with Crippen LogP contribution in [-0.2, 0) is 14.4 Å². The molecule has 4 heterocycles. The summed E-state index contributed by atoms with van der Waals surface area (Å²) >= 11 is 16.7. The fraction of sp³-hybridized carbons (Fsp3) is 0.333. The number of aliphatic carboxylic acids is 1. The first kappa shape index (κ1) is 29.9. The van der Waals surface area contributed by atoms with E-state index in [9.17, 15) is 24.6 Å². The largest absolute Gasteiger partial charge is 0.493 e. The lowest BCUT2D eigenvalue weighted by molar-refractivity contribution is -0.150. The predicted molar refractivity (Wildman–Crippen MR) is 152 cm³/mol. The number of aliphatic hydroxyl groups excluding tert-OH is 1. The lowest BCUT2D eigenvalue weighted by atomic mass is 10.1. The van der Waals surface area contributed by atoms with Crippen LogP contribution in [0.4, 0.5) is 5.82 Å². The number of β-lactam (4-membered cyclic amide) rings is 1. The van der Waals surface area contributed by atoms with Gasteiger partial charge in [0.05, 0.1) is 17.4 Å². The van der Waals surface area contributed by atoms with Gasteiger partial charge in [0.1, 0.15) is 33.2 Å². The third kappa shape index (κ3) is 7.56. The third-order valence-electron chi connectivity index (χ3n) is 5.09. The molecule has 2 aromatic heterocycles. The maximum absolute atomic E-state index is 12.9. The van der Waals surface area contributed by atoms with E-state index in [0.717, 1.165) is 0 Å². The van der Waals surface area contributed by atoms with E-state index in [0.29, 0.717) is 26.5 Å². The number of aromatic hydroxyl groups is 1. The second kappa shape index (κ2) is 13.5. The van der Waals surface area contributed by atoms with Crippen molar-refractivity contribution in [3.05, 3.63) is 39.1 Å². The van der Waals surface area contributed by atoms with E-state index < -0.39 is 23.3 Å². The molecule has 1 fully saturated rings. The SMILES string of the molecule is O=C(CSc1cc(Cl)nc(Cl)c1)N[C@@H]1C(=O)N2C(C(=O)O)=C(SCSc3nc(O)cc(NCCO)n3)CS[C@H]12. The highest BCUT2D eigenvalue weighted by molar-refractivity contribution is 8.18. The topological polar surface area (TPSA) is 178 Å². The molecule has 18 heteroatoms. The highest BCUT2D eigenvalue weighted by Crippen LogP contribution is 2.44. The summed E-state index contributed by atoms with van der Waals surface area (Å²) in [6.45, 7) is 0.143. The second-order valence-electron chi connectivity index (χ2n) is 7.72. The van der Waals surface area contributed by atoms with Gasteiger partial charge in [-0.15, -0.1) is 35.3 Å². The Balaban J connectivity index is 1.34. The van der Waals surface area contributed by atoms with Crippen LogP contribution in [0.25, 0.3) is 0 Å². The minimum atomic E-state index is -1.24. The Morgan fingerprint density at radius 2 is 1.87 bits per heavy atom. The van der Waals surface area contributed by atoms with Gasteiger partial charge in [0.15, 0.2) is 5.16 Å². The molecule has 2 aliphatic rings. The van der Waals surface area contributed by atoms with Gasteiger partial charge in [0.2, 0.25) is 11.8 Å². The van der Waals surface area contributed by atoms with Crippen molar-refractivity contribution in [1.29, 1.82) is 0 Å². The lowest BCUT2D eigenvalue weighted by Crippen LogP contribution is -2.70. The van der Waals surface area contributed by atoms with Crippen LogP contribution in [-0.4, -0.2) is 94.1 Å². The molecule has 0 radical (unpaired) electrons. The summed E-state index contributed by atoms with van der Waals surface area (Å²) in [6, 6.07) is 3.62. The fourth-order valence-electron chi connectivity index (χ4n) is 3.50. The molecule has 5 N–H and O–H groups in total. The Morgan fingerprint density at radius 3 is 2.56 bits per heavy atom. The summed E-state index contributed by atoms with van der Waals surface area (Å²) in [5, 5.41) is 34.6. The number of carboxylic acid groups (broad SMARTS) is 1. The van der Waals surface area contributed by atoms with E-state index in [-0.39, 0.29) is 51.9 Å². The normalized spacial score (nSPS) is 18.4. The van der Waals surface area contributed by atoms with Crippen LogP contribution in [0.15, 0.2) is 38.9 Å². The van der Waals surface area contributed by atoms with Gasteiger partial charge in [-0.2, -0.15) is 4.98 Å². The van der Waals surface area contributed by atoms with Gasteiger partial charge in [-0.25, -0.2) is 14.8 Å². The van der Waals surface area contributed by atoms with Crippen LogP contribution in [0.2, 0.25) is 10.3 Å². The summed E-state index contributed by atoms with van der Waals surface area (Å²) in [5.41, 5.74) is -0.113. The van der Waals surface area contributed by atoms with E-state index in [1.165, 1.54) is 58.0 Å². The molecule has 0 spiro atoms. The van der Waals surface area contributed by atoms with Crippen molar-refractivity contribution in [1.82, 2.24) is 25.2 Å². The molecule has 2 amide bonds. The first-order valence-electron chi connectivity index (χ1n) is 11.0. The van der Waals surface area contributed by atoms with Crippen molar-refractivity contribution in [2.75, 3.05) is 35.1 Å². The molecule has 2 atom stereocenters. The molecule has 2 aliphatic heterocycles. The van der Waals surface area contributed by atoms with Gasteiger partial charge in [-0.3, -0.25) is 14.5 Å². The Kier molecular flexibility index (Phi) is 10.4. The third-order valence-corrected chi connectivity index (χ3v) is 9.98. The highest BCUT2D eigenvalue weighted by atomic mass is 35.5. The molecular weight excluding hydrogens is 631 g/mol. The minimum absolute atomic E-state index is 0.00609. The first-order chi connectivity index (χ1) is 18.7. The van der Waals surface area contributed by atoms with Gasteiger partial charge in [0.25, 0.3) is 5.91 Å².